The van der Waals surface area contributed by atoms with Gasteiger partial charge in [-0.1, -0.05) is 97.1 Å². The first-order chi connectivity index (χ1) is 26.0. The molecule has 5 aromatic carbocycles. The molecule has 6 heteroatoms. The molecule has 0 radical (unpaired) electrons. The second-order valence-electron chi connectivity index (χ2n) is 13.4. The van der Waals surface area contributed by atoms with Crippen LogP contribution in [-0.4, -0.2) is 23.4 Å². The van der Waals surface area contributed by atoms with Crippen molar-refractivity contribution in [2.24, 2.45) is 0 Å². The molecule has 1 aliphatic rings. The fourth-order valence-corrected chi connectivity index (χ4v) is 8.75. The second kappa shape index (κ2) is 13.6. The molecule has 5 nitrogen and oxygen atoms in total. The standard InChI is InChI=1S/C47H33N3O2S/c51-53(52)30-38-17-15-34(40-21-41(36-13-7-19-48-28-36)23-42(22-40)37-14-8-20-49-29-37)24-44(38)45-25-35(16-18-39(45)31-53)43-26-46(32-9-3-1-4-10-32)50-47(27-43)33-11-5-2-6-12-33/h1-29H,30-31H2. The summed E-state index contributed by atoms with van der Waals surface area (Å²) in [5, 5.41) is 0. The van der Waals surface area contributed by atoms with E-state index in [2.05, 4.69) is 88.8 Å². The summed E-state index contributed by atoms with van der Waals surface area (Å²) >= 11 is 0. The molecule has 0 fully saturated rings. The van der Waals surface area contributed by atoms with E-state index in [-0.39, 0.29) is 11.5 Å². The van der Waals surface area contributed by atoms with E-state index < -0.39 is 9.84 Å². The summed E-state index contributed by atoms with van der Waals surface area (Å²) in [6, 6.07) is 51.5. The van der Waals surface area contributed by atoms with Gasteiger partial charge in [0.1, 0.15) is 0 Å². The van der Waals surface area contributed by atoms with Gasteiger partial charge >= 0.3 is 0 Å². The average Bonchev–Trinajstić information content (AvgIpc) is 3.33. The summed E-state index contributed by atoms with van der Waals surface area (Å²) in [7, 11) is -3.40. The van der Waals surface area contributed by atoms with E-state index in [0.717, 1.165) is 89.3 Å². The fourth-order valence-electron chi connectivity index (χ4n) is 7.20. The van der Waals surface area contributed by atoms with Gasteiger partial charge in [-0.05, 0) is 110 Å². The topological polar surface area (TPSA) is 72.8 Å². The first kappa shape index (κ1) is 32.4. The zero-order valence-corrected chi connectivity index (χ0v) is 29.5. The molecule has 8 aromatic rings. The number of nitrogens with zero attached hydrogens (tertiary/aromatic N) is 3. The molecule has 0 N–H and O–H groups in total. The van der Waals surface area contributed by atoms with Gasteiger partial charge in [0.15, 0.2) is 9.84 Å². The highest BCUT2D eigenvalue weighted by Crippen LogP contribution is 2.41. The Morgan fingerprint density at radius 1 is 0.377 bits per heavy atom. The maximum absolute atomic E-state index is 13.5. The van der Waals surface area contributed by atoms with Crippen LogP contribution in [0.2, 0.25) is 0 Å². The van der Waals surface area contributed by atoms with Crippen molar-refractivity contribution < 1.29 is 8.42 Å². The van der Waals surface area contributed by atoms with Gasteiger partial charge in [0, 0.05) is 47.0 Å². The molecule has 1 aliphatic heterocycles. The Morgan fingerprint density at radius 3 is 1.23 bits per heavy atom. The van der Waals surface area contributed by atoms with Crippen molar-refractivity contribution in [2.45, 2.75) is 11.5 Å². The molecule has 9 rings (SSSR count). The van der Waals surface area contributed by atoms with E-state index >= 15 is 0 Å². The zero-order valence-electron chi connectivity index (χ0n) is 28.7. The lowest BCUT2D eigenvalue weighted by Gasteiger charge is -2.16. The molecule has 0 unspecified atom stereocenters. The van der Waals surface area contributed by atoms with Crippen LogP contribution in [0.5, 0.6) is 0 Å². The molecule has 0 bridgehead atoms. The first-order valence-corrected chi connectivity index (χ1v) is 19.3. The summed E-state index contributed by atoms with van der Waals surface area (Å²) in [5.74, 6) is -0.0377. The number of fused-ring (bicyclic) bond motifs is 3. The molecule has 4 heterocycles. The quantitative estimate of drug-likeness (QED) is 0.172. The van der Waals surface area contributed by atoms with Crippen LogP contribution in [0.1, 0.15) is 11.1 Å². The van der Waals surface area contributed by atoms with Crippen LogP contribution in [-0.2, 0) is 21.3 Å². The maximum Gasteiger partial charge on any atom is 0.158 e. The number of rotatable bonds is 6. The van der Waals surface area contributed by atoms with Gasteiger partial charge in [0.25, 0.3) is 0 Å². The molecular formula is C47H33N3O2S. The van der Waals surface area contributed by atoms with Crippen molar-refractivity contribution in [1.29, 1.82) is 0 Å². The Kier molecular flexibility index (Phi) is 8.30. The highest BCUT2D eigenvalue weighted by Gasteiger charge is 2.25. The third-order valence-corrected chi connectivity index (χ3v) is 11.3. The predicted octanol–water partition coefficient (Wildman–Crippen LogP) is 11.0. The Hall–Kier alpha value is -6.50. The predicted molar refractivity (Wildman–Crippen MR) is 214 cm³/mol. The molecule has 0 aliphatic carbocycles. The third-order valence-electron chi connectivity index (χ3n) is 9.81. The van der Waals surface area contributed by atoms with E-state index in [1.54, 1.807) is 12.4 Å². The van der Waals surface area contributed by atoms with Crippen LogP contribution in [0.4, 0.5) is 0 Å². The van der Waals surface area contributed by atoms with Crippen molar-refractivity contribution in [3.8, 4) is 78.1 Å². The molecule has 3 aromatic heterocycles. The Labute approximate surface area is 309 Å². The van der Waals surface area contributed by atoms with Crippen molar-refractivity contribution in [1.82, 2.24) is 15.0 Å². The van der Waals surface area contributed by atoms with E-state index in [1.807, 2.05) is 85.2 Å². The summed E-state index contributed by atoms with van der Waals surface area (Å²) < 4.78 is 27.0. The Balaban J connectivity index is 1.21. The first-order valence-electron chi connectivity index (χ1n) is 17.5. The molecule has 0 saturated heterocycles. The summed E-state index contributed by atoms with van der Waals surface area (Å²) in [5.41, 5.74) is 15.4. The SMILES string of the molecule is O=S1(=O)Cc2ccc(-c3cc(-c4cccnc4)cc(-c4cccnc4)c3)cc2-c2cc(-c3cc(-c4ccccc4)nc(-c4ccccc4)c3)ccc2C1. The molecule has 0 atom stereocenters. The molecular weight excluding hydrogens is 671 g/mol. The second-order valence-corrected chi connectivity index (χ2v) is 15.5. The van der Waals surface area contributed by atoms with Gasteiger partial charge in [-0.25, -0.2) is 13.4 Å². The third kappa shape index (κ3) is 6.68. The van der Waals surface area contributed by atoms with E-state index in [9.17, 15) is 8.42 Å². The number of hydrogen-bond donors (Lipinski definition) is 0. The lowest BCUT2D eigenvalue weighted by Crippen LogP contribution is -2.05. The summed E-state index contributed by atoms with van der Waals surface area (Å²) in [4.78, 5) is 13.8. The minimum absolute atomic E-state index is 0.0187. The number of benzene rings is 5. The smallest absolute Gasteiger partial charge is 0.158 e. The molecule has 0 saturated carbocycles. The van der Waals surface area contributed by atoms with Gasteiger partial charge in [0.2, 0.25) is 0 Å². The Morgan fingerprint density at radius 2 is 0.792 bits per heavy atom. The highest BCUT2D eigenvalue weighted by molar-refractivity contribution is 7.89. The van der Waals surface area contributed by atoms with Crippen molar-refractivity contribution >= 4 is 9.84 Å². The summed E-state index contributed by atoms with van der Waals surface area (Å²) in [6.45, 7) is 0. The van der Waals surface area contributed by atoms with E-state index in [1.165, 1.54) is 0 Å². The number of sulfone groups is 1. The van der Waals surface area contributed by atoms with Crippen LogP contribution in [0, 0.1) is 0 Å². The minimum Gasteiger partial charge on any atom is -0.264 e. The van der Waals surface area contributed by atoms with Gasteiger partial charge in [0.05, 0.1) is 22.9 Å². The maximum atomic E-state index is 13.5. The van der Waals surface area contributed by atoms with Gasteiger partial charge in [-0.3, -0.25) is 9.97 Å². The van der Waals surface area contributed by atoms with Gasteiger partial charge < -0.3 is 0 Å². The normalized spacial score (nSPS) is 13.1. The van der Waals surface area contributed by atoms with Crippen LogP contribution in [0.15, 0.2) is 176 Å². The van der Waals surface area contributed by atoms with Crippen LogP contribution < -0.4 is 0 Å². The van der Waals surface area contributed by atoms with E-state index in [4.69, 9.17) is 4.98 Å². The largest absolute Gasteiger partial charge is 0.264 e. The van der Waals surface area contributed by atoms with Gasteiger partial charge in [-0.2, -0.15) is 0 Å². The highest BCUT2D eigenvalue weighted by atomic mass is 32.2. The lowest BCUT2D eigenvalue weighted by atomic mass is 9.89. The number of aromatic nitrogens is 3. The monoisotopic (exact) mass is 703 g/mol. The van der Waals surface area contributed by atoms with Crippen LogP contribution in [0.25, 0.3) is 78.1 Å². The fraction of sp³-hybridized carbons (Fsp3) is 0.0426. The number of hydrogen-bond acceptors (Lipinski definition) is 5. The Bertz CT molecular complexity index is 2420. The molecule has 0 spiro atoms. The minimum atomic E-state index is -3.40. The molecule has 53 heavy (non-hydrogen) atoms. The zero-order chi connectivity index (χ0) is 35.8. The van der Waals surface area contributed by atoms with Crippen molar-refractivity contribution in [2.75, 3.05) is 0 Å². The van der Waals surface area contributed by atoms with Crippen molar-refractivity contribution in [3.05, 3.63) is 188 Å². The van der Waals surface area contributed by atoms with Gasteiger partial charge in [-0.15, -0.1) is 0 Å². The molecule has 254 valence electrons. The lowest BCUT2D eigenvalue weighted by molar-refractivity contribution is 0.595. The summed E-state index contributed by atoms with van der Waals surface area (Å²) in [6.07, 6.45) is 7.30. The van der Waals surface area contributed by atoms with Crippen LogP contribution >= 0.6 is 0 Å². The number of pyridine rings is 3. The average molecular weight is 704 g/mol. The van der Waals surface area contributed by atoms with Crippen molar-refractivity contribution in [3.63, 3.8) is 0 Å². The van der Waals surface area contributed by atoms with Crippen LogP contribution in [0.3, 0.4) is 0 Å². The molecule has 0 amide bonds. The van der Waals surface area contributed by atoms with E-state index in [0.29, 0.717) is 0 Å².